The van der Waals surface area contributed by atoms with Crippen molar-refractivity contribution < 1.29 is 19.4 Å². The maximum absolute atomic E-state index is 12.6. The number of aliphatic carboxylic acids is 1. The predicted octanol–water partition coefficient (Wildman–Crippen LogP) is 1.57. The molecule has 1 N–H and O–H groups in total. The highest BCUT2D eigenvalue weighted by Gasteiger charge is 2.44. The largest absolute Gasteiger partial charge is 0.480 e. The van der Waals surface area contributed by atoms with Crippen LogP contribution in [0, 0.1) is 5.92 Å². The molecule has 0 aromatic heterocycles. The Morgan fingerprint density at radius 1 is 1.47 bits per heavy atom. The van der Waals surface area contributed by atoms with Crippen LogP contribution in [0.2, 0.25) is 0 Å². The van der Waals surface area contributed by atoms with E-state index in [1.54, 1.807) is 16.7 Å². The summed E-state index contributed by atoms with van der Waals surface area (Å²) in [6.45, 7) is 4.43. The molecule has 2 saturated heterocycles. The maximum Gasteiger partial charge on any atom is 0.327 e. The SMILES string of the molecule is CCCC1SCC(C(=O)O)N1C(=O)C1COC(C)C1. The monoisotopic (exact) mass is 287 g/mol. The minimum absolute atomic E-state index is 0.00880. The van der Waals surface area contributed by atoms with Gasteiger partial charge in [0.25, 0.3) is 0 Å². The first kappa shape index (κ1) is 14.7. The number of carbonyl (C=O) groups excluding carboxylic acids is 1. The molecule has 4 unspecified atom stereocenters. The third kappa shape index (κ3) is 3.05. The average molecular weight is 287 g/mol. The first-order valence-electron chi connectivity index (χ1n) is 6.82. The molecule has 0 aliphatic carbocycles. The lowest BCUT2D eigenvalue weighted by molar-refractivity contribution is -0.151. The van der Waals surface area contributed by atoms with Crippen LogP contribution in [0.3, 0.4) is 0 Å². The highest BCUT2D eigenvalue weighted by Crippen LogP contribution is 2.35. The molecule has 0 aromatic rings. The molecule has 0 radical (unpaired) electrons. The van der Waals surface area contributed by atoms with Crippen LogP contribution in [0.15, 0.2) is 0 Å². The van der Waals surface area contributed by atoms with Crippen LogP contribution in [-0.4, -0.2) is 51.8 Å². The van der Waals surface area contributed by atoms with E-state index in [0.717, 1.165) is 12.8 Å². The van der Waals surface area contributed by atoms with E-state index in [-0.39, 0.29) is 23.3 Å². The van der Waals surface area contributed by atoms with Gasteiger partial charge >= 0.3 is 5.97 Å². The minimum atomic E-state index is -0.897. The van der Waals surface area contributed by atoms with Gasteiger partial charge in [-0.05, 0) is 19.8 Å². The number of carboxylic acid groups (broad SMARTS) is 1. The summed E-state index contributed by atoms with van der Waals surface area (Å²) in [6, 6.07) is -0.676. The summed E-state index contributed by atoms with van der Waals surface area (Å²) in [7, 11) is 0. The Morgan fingerprint density at radius 3 is 2.74 bits per heavy atom. The smallest absolute Gasteiger partial charge is 0.327 e. The summed E-state index contributed by atoms with van der Waals surface area (Å²) in [5.41, 5.74) is 0. The lowest BCUT2D eigenvalue weighted by Crippen LogP contribution is -2.48. The Labute approximate surface area is 117 Å². The summed E-state index contributed by atoms with van der Waals surface area (Å²) in [4.78, 5) is 25.5. The lowest BCUT2D eigenvalue weighted by atomic mass is 10.0. The normalized spacial score (nSPS) is 34.7. The van der Waals surface area contributed by atoms with Crippen molar-refractivity contribution in [3.8, 4) is 0 Å². The second-order valence-corrected chi connectivity index (χ2v) is 6.46. The summed E-state index contributed by atoms with van der Waals surface area (Å²) in [5.74, 6) is -0.615. The van der Waals surface area contributed by atoms with Crippen molar-refractivity contribution in [3.63, 3.8) is 0 Å². The number of carboxylic acids is 1. The van der Waals surface area contributed by atoms with Gasteiger partial charge in [-0.25, -0.2) is 4.79 Å². The number of amides is 1. The van der Waals surface area contributed by atoms with Gasteiger partial charge < -0.3 is 14.7 Å². The van der Waals surface area contributed by atoms with Crippen molar-refractivity contribution in [1.29, 1.82) is 0 Å². The van der Waals surface area contributed by atoms with Gasteiger partial charge in [0.05, 0.1) is 24.0 Å². The lowest BCUT2D eigenvalue weighted by Gasteiger charge is -2.29. The molecular weight excluding hydrogens is 266 g/mol. The second-order valence-electron chi connectivity index (χ2n) is 5.25. The number of rotatable bonds is 4. The van der Waals surface area contributed by atoms with E-state index >= 15 is 0 Å². The highest BCUT2D eigenvalue weighted by molar-refractivity contribution is 8.00. The van der Waals surface area contributed by atoms with Gasteiger partial charge in [0.15, 0.2) is 0 Å². The zero-order chi connectivity index (χ0) is 14.0. The summed E-state index contributed by atoms with van der Waals surface area (Å²) >= 11 is 1.58. The van der Waals surface area contributed by atoms with Crippen molar-refractivity contribution in [1.82, 2.24) is 4.90 Å². The molecule has 4 atom stereocenters. The average Bonchev–Trinajstić information content (AvgIpc) is 2.95. The van der Waals surface area contributed by atoms with Gasteiger partial charge in [-0.2, -0.15) is 0 Å². The van der Waals surface area contributed by atoms with Gasteiger partial charge in [0.1, 0.15) is 6.04 Å². The summed E-state index contributed by atoms with van der Waals surface area (Å²) < 4.78 is 5.44. The van der Waals surface area contributed by atoms with E-state index in [4.69, 9.17) is 4.74 Å². The molecule has 0 spiro atoms. The molecule has 19 heavy (non-hydrogen) atoms. The van der Waals surface area contributed by atoms with Gasteiger partial charge in [0, 0.05) is 5.75 Å². The molecule has 2 heterocycles. The molecule has 2 aliphatic heterocycles. The first-order chi connectivity index (χ1) is 9.04. The van der Waals surface area contributed by atoms with Gasteiger partial charge in [0.2, 0.25) is 5.91 Å². The summed E-state index contributed by atoms with van der Waals surface area (Å²) in [6.07, 6.45) is 2.59. The molecule has 2 rings (SSSR count). The standard InChI is InChI=1S/C13H21NO4S/c1-3-4-11-14(10(7-19-11)13(16)17)12(15)9-5-8(2)18-6-9/h8-11H,3-7H2,1-2H3,(H,16,17). The van der Waals surface area contributed by atoms with Crippen LogP contribution in [0.4, 0.5) is 0 Å². The third-order valence-corrected chi connectivity index (χ3v) is 5.07. The van der Waals surface area contributed by atoms with Crippen LogP contribution in [-0.2, 0) is 14.3 Å². The zero-order valence-corrected chi connectivity index (χ0v) is 12.2. The Kier molecular flexibility index (Phi) is 4.73. The number of hydrogen-bond donors (Lipinski definition) is 1. The van der Waals surface area contributed by atoms with E-state index in [0.29, 0.717) is 18.8 Å². The van der Waals surface area contributed by atoms with Crippen molar-refractivity contribution in [3.05, 3.63) is 0 Å². The Hall–Kier alpha value is -0.750. The van der Waals surface area contributed by atoms with Crippen LogP contribution in [0.25, 0.3) is 0 Å². The van der Waals surface area contributed by atoms with E-state index in [1.807, 2.05) is 6.92 Å². The number of carbonyl (C=O) groups is 2. The Bertz CT molecular complexity index is 363. The van der Waals surface area contributed by atoms with E-state index in [1.165, 1.54) is 0 Å². The third-order valence-electron chi connectivity index (χ3n) is 3.72. The van der Waals surface area contributed by atoms with Crippen LogP contribution >= 0.6 is 11.8 Å². The number of hydrogen-bond acceptors (Lipinski definition) is 4. The topological polar surface area (TPSA) is 66.8 Å². The van der Waals surface area contributed by atoms with E-state index in [9.17, 15) is 14.7 Å². The van der Waals surface area contributed by atoms with Crippen LogP contribution in [0.1, 0.15) is 33.1 Å². The maximum atomic E-state index is 12.6. The number of nitrogens with zero attached hydrogens (tertiary/aromatic N) is 1. The fourth-order valence-corrected chi connectivity index (χ4v) is 4.24. The zero-order valence-electron chi connectivity index (χ0n) is 11.4. The molecular formula is C13H21NO4S. The van der Waals surface area contributed by atoms with Gasteiger partial charge in [-0.1, -0.05) is 13.3 Å². The number of ether oxygens (including phenoxy) is 1. The quantitative estimate of drug-likeness (QED) is 0.850. The molecule has 108 valence electrons. The second kappa shape index (κ2) is 6.13. The molecule has 5 nitrogen and oxygen atoms in total. The van der Waals surface area contributed by atoms with Gasteiger partial charge in [-0.3, -0.25) is 4.79 Å². The number of thioether (sulfide) groups is 1. The summed E-state index contributed by atoms with van der Waals surface area (Å²) in [5, 5.41) is 9.28. The molecule has 2 aliphatic rings. The fourth-order valence-electron chi connectivity index (χ4n) is 2.72. The Balaban J connectivity index is 2.11. The highest BCUT2D eigenvalue weighted by atomic mass is 32.2. The molecule has 0 aromatic carbocycles. The van der Waals surface area contributed by atoms with Gasteiger partial charge in [-0.15, -0.1) is 11.8 Å². The minimum Gasteiger partial charge on any atom is -0.480 e. The van der Waals surface area contributed by atoms with Crippen molar-refractivity contribution >= 4 is 23.6 Å². The molecule has 0 bridgehead atoms. The molecule has 0 saturated carbocycles. The van der Waals surface area contributed by atoms with Crippen molar-refractivity contribution in [2.45, 2.75) is 50.6 Å². The van der Waals surface area contributed by atoms with Crippen LogP contribution in [0.5, 0.6) is 0 Å². The van der Waals surface area contributed by atoms with E-state index in [2.05, 4.69) is 6.92 Å². The predicted molar refractivity (Wildman–Crippen MR) is 72.9 cm³/mol. The van der Waals surface area contributed by atoms with E-state index < -0.39 is 12.0 Å². The fraction of sp³-hybridized carbons (Fsp3) is 0.846. The van der Waals surface area contributed by atoms with Crippen molar-refractivity contribution in [2.75, 3.05) is 12.4 Å². The van der Waals surface area contributed by atoms with Crippen molar-refractivity contribution in [2.24, 2.45) is 5.92 Å². The Morgan fingerprint density at radius 2 is 2.21 bits per heavy atom. The molecule has 2 fully saturated rings. The molecule has 6 heteroatoms. The van der Waals surface area contributed by atoms with Crippen LogP contribution < -0.4 is 0 Å². The molecule has 1 amide bonds. The first-order valence-corrected chi connectivity index (χ1v) is 7.87.